The first-order valence-corrected chi connectivity index (χ1v) is 13.6. The van der Waals surface area contributed by atoms with Crippen LogP contribution in [0.3, 0.4) is 0 Å². The van der Waals surface area contributed by atoms with Gasteiger partial charge in [-0.3, -0.25) is 4.79 Å². The summed E-state index contributed by atoms with van der Waals surface area (Å²) in [6, 6.07) is 16.1. The maximum atomic E-state index is 14.1. The molecule has 0 spiro atoms. The predicted octanol–water partition coefficient (Wildman–Crippen LogP) is 4.65. The molecule has 214 valence electrons. The number of benzene rings is 1. The third-order valence-electron chi connectivity index (χ3n) is 6.96. The van der Waals surface area contributed by atoms with E-state index in [4.69, 9.17) is 30.8 Å². The van der Waals surface area contributed by atoms with E-state index < -0.39 is 11.8 Å². The number of ether oxygens (including phenoxy) is 3. The molecule has 0 amide bonds. The lowest BCUT2D eigenvalue weighted by molar-refractivity contribution is -0.0591. The van der Waals surface area contributed by atoms with Gasteiger partial charge in [0.25, 0.3) is 5.56 Å². The summed E-state index contributed by atoms with van der Waals surface area (Å²) in [5.41, 5.74) is 2.51. The number of pyridine rings is 3. The molecule has 42 heavy (non-hydrogen) atoms. The van der Waals surface area contributed by atoms with Gasteiger partial charge >= 0.3 is 5.97 Å². The molecule has 4 aromatic heterocycles. The number of esters is 1. The van der Waals surface area contributed by atoms with Crippen LogP contribution in [0, 0.1) is 5.82 Å². The van der Waals surface area contributed by atoms with Gasteiger partial charge < -0.3 is 23.3 Å². The summed E-state index contributed by atoms with van der Waals surface area (Å²) in [5, 5.41) is 0.306. The Morgan fingerprint density at radius 2 is 1.98 bits per heavy atom. The zero-order valence-corrected chi connectivity index (χ0v) is 23.3. The molecule has 0 saturated carbocycles. The van der Waals surface area contributed by atoms with Gasteiger partial charge in [0, 0.05) is 41.1 Å². The Hall–Kier alpha value is -4.61. The number of hydrogen-bond donors (Lipinski definition) is 0. The molecule has 12 heteroatoms. The van der Waals surface area contributed by atoms with E-state index in [1.807, 2.05) is 4.57 Å². The molecule has 1 aliphatic heterocycles. The summed E-state index contributed by atoms with van der Waals surface area (Å²) in [7, 11) is 1.30. The molecule has 1 saturated heterocycles. The molecule has 1 fully saturated rings. The van der Waals surface area contributed by atoms with Gasteiger partial charge in [-0.05, 0) is 42.8 Å². The standard InChI is InChI=1S/C30H25ClFN5O5/c1-40-30(39)25-8-7-24-29(35-25)37(15-21-10-12-41-21)26(33-24)16-36-11-9-18(13-28(36)38)23-3-2-4-27(34-23)42-17-19-5-6-20(31)14-22(19)32/h2-9,11,13-14,21H,10,12,15-17H2,1H3/t21-/m0/s1. The fourth-order valence-corrected chi connectivity index (χ4v) is 4.77. The molecule has 0 N–H and O–H groups in total. The van der Waals surface area contributed by atoms with Crippen molar-refractivity contribution in [2.24, 2.45) is 0 Å². The number of carbonyl (C=O) groups is 1. The van der Waals surface area contributed by atoms with Crippen LogP contribution in [0.1, 0.15) is 28.3 Å². The molecule has 1 atom stereocenters. The van der Waals surface area contributed by atoms with Crippen LogP contribution in [0.4, 0.5) is 4.39 Å². The largest absolute Gasteiger partial charge is 0.473 e. The molecule has 5 heterocycles. The molecule has 1 aromatic carbocycles. The Bertz CT molecular complexity index is 1850. The van der Waals surface area contributed by atoms with Gasteiger partial charge in [0.05, 0.1) is 32.0 Å². The van der Waals surface area contributed by atoms with E-state index in [9.17, 15) is 14.0 Å². The smallest absolute Gasteiger partial charge is 0.356 e. The molecule has 0 unspecified atom stereocenters. The van der Waals surface area contributed by atoms with Crippen molar-refractivity contribution in [1.29, 1.82) is 0 Å². The Morgan fingerprint density at radius 3 is 2.71 bits per heavy atom. The molecule has 10 nitrogen and oxygen atoms in total. The number of aromatic nitrogens is 5. The third-order valence-corrected chi connectivity index (χ3v) is 7.20. The summed E-state index contributed by atoms with van der Waals surface area (Å²) in [6.07, 6.45) is 2.57. The highest BCUT2D eigenvalue weighted by Gasteiger charge is 2.23. The fraction of sp³-hybridized carbons (Fsp3) is 0.233. The topological polar surface area (TPSA) is 110 Å². The zero-order chi connectivity index (χ0) is 29.2. The minimum atomic E-state index is -0.543. The van der Waals surface area contributed by atoms with E-state index in [-0.39, 0.29) is 36.4 Å². The third kappa shape index (κ3) is 5.74. The lowest BCUT2D eigenvalue weighted by atomic mass is 10.2. The average Bonchev–Trinajstić information content (AvgIpc) is 3.31. The first-order valence-electron chi connectivity index (χ1n) is 13.2. The molecule has 1 aliphatic rings. The normalized spacial score (nSPS) is 14.5. The molecule has 5 aromatic rings. The SMILES string of the molecule is COC(=O)c1ccc2nc(Cn3ccc(-c4cccc(OCc5ccc(Cl)cc5F)n4)cc3=O)n(C[C@@H]3CCO3)c2n1. The van der Waals surface area contributed by atoms with Gasteiger partial charge in [0.2, 0.25) is 5.88 Å². The lowest BCUT2D eigenvalue weighted by Crippen LogP contribution is -2.32. The lowest BCUT2D eigenvalue weighted by Gasteiger charge is -2.27. The first-order chi connectivity index (χ1) is 20.4. The van der Waals surface area contributed by atoms with Crippen molar-refractivity contribution in [2.45, 2.75) is 32.2 Å². The Kier molecular flexibility index (Phi) is 7.68. The number of imidazole rings is 1. The second-order valence-electron chi connectivity index (χ2n) is 9.72. The van der Waals surface area contributed by atoms with E-state index in [1.54, 1.807) is 54.7 Å². The van der Waals surface area contributed by atoms with Gasteiger partial charge in [0.15, 0.2) is 11.3 Å². The van der Waals surface area contributed by atoms with E-state index in [0.29, 0.717) is 52.0 Å². The fourth-order valence-electron chi connectivity index (χ4n) is 4.61. The molecular weight excluding hydrogens is 565 g/mol. The first kappa shape index (κ1) is 27.6. The van der Waals surface area contributed by atoms with E-state index in [0.717, 1.165) is 6.42 Å². The van der Waals surface area contributed by atoms with Crippen molar-refractivity contribution in [3.05, 3.63) is 105 Å². The number of carbonyl (C=O) groups excluding carboxylic acids is 1. The van der Waals surface area contributed by atoms with Crippen molar-refractivity contribution in [2.75, 3.05) is 13.7 Å². The van der Waals surface area contributed by atoms with Gasteiger partial charge in [-0.25, -0.2) is 24.1 Å². The minimum absolute atomic E-state index is 0.000542. The second kappa shape index (κ2) is 11.7. The van der Waals surface area contributed by atoms with Crippen LogP contribution >= 0.6 is 11.6 Å². The van der Waals surface area contributed by atoms with E-state index in [2.05, 4.69) is 9.97 Å². The van der Waals surface area contributed by atoms with Crippen LogP contribution in [0.5, 0.6) is 5.88 Å². The highest BCUT2D eigenvalue weighted by molar-refractivity contribution is 6.30. The monoisotopic (exact) mass is 589 g/mol. The average molecular weight is 590 g/mol. The Labute approximate surface area is 244 Å². The van der Waals surface area contributed by atoms with Crippen molar-refractivity contribution >= 4 is 28.7 Å². The summed E-state index contributed by atoms with van der Waals surface area (Å²) >= 11 is 5.82. The van der Waals surface area contributed by atoms with Crippen molar-refractivity contribution in [1.82, 2.24) is 24.1 Å². The van der Waals surface area contributed by atoms with Gasteiger partial charge in [-0.2, -0.15) is 0 Å². The summed E-state index contributed by atoms with van der Waals surface area (Å²) < 4.78 is 33.7. The van der Waals surface area contributed by atoms with Crippen molar-refractivity contribution < 1.29 is 23.4 Å². The quantitative estimate of drug-likeness (QED) is 0.229. The number of fused-ring (bicyclic) bond motifs is 1. The Morgan fingerprint density at radius 1 is 1.12 bits per heavy atom. The van der Waals surface area contributed by atoms with Crippen LogP contribution < -0.4 is 10.3 Å². The van der Waals surface area contributed by atoms with Gasteiger partial charge in [-0.1, -0.05) is 23.7 Å². The molecule has 0 aliphatic carbocycles. The summed E-state index contributed by atoms with van der Waals surface area (Å²) in [4.78, 5) is 38.9. The van der Waals surface area contributed by atoms with Crippen LogP contribution in [0.15, 0.2) is 71.7 Å². The van der Waals surface area contributed by atoms with Crippen molar-refractivity contribution in [3.63, 3.8) is 0 Å². The summed E-state index contributed by atoms with van der Waals surface area (Å²) in [5.74, 6) is -0.113. The number of rotatable bonds is 9. The van der Waals surface area contributed by atoms with Crippen LogP contribution in [0.25, 0.3) is 22.4 Å². The second-order valence-corrected chi connectivity index (χ2v) is 10.2. The predicted molar refractivity (Wildman–Crippen MR) is 152 cm³/mol. The number of hydrogen-bond acceptors (Lipinski definition) is 8. The maximum Gasteiger partial charge on any atom is 0.356 e. The van der Waals surface area contributed by atoms with E-state index in [1.165, 1.54) is 23.8 Å². The molecule has 0 radical (unpaired) electrons. The minimum Gasteiger partial charge on any atom is -0.473 e. The highest BCUT2D eigenvalue weighted by atomic mass is 35.5. The number of nitrogens with zero attached hydrogens (tertiary/aromatic N) is 5. The number of methoxy groups -OCH3 is 1. The summed E-state index contributed by atoms with van der Waals surface area (Å²) in [6.45, 7) is 1.34. The molecule has 6 rings (SSSR count). The van der Waals surface area contributed by atoms with Crippen LogP contribution in [0.2, 0.25) is 5.02 Å². The number of halogens is 2. The zero-order valence-electron chi connectivity index (χ0n) is 22.5. The van der Waals surface area contributed by atoms with Crippen LogP contribution in [-0.2, 0) is 29.2 Å². The highest BCUT2D eigenvalue weighted by Crippen LogP contribution is 2.23. The van der Waals surface area contributed by atoms with Crippen molar-refractivity contribution in [3.8, 4) is 17.1 Å². The molecule has 0 bridgehead atoms. The Balaban J connectivity index is 1.24. The van der Waals surface area contributed by atoms with Gasteiger partial charge in [0.1, 0.15) is 23.8 Å². The van der Waals surface area contributed by atoms with Gasteiger partial charge in [-0.15, -0.1) is 0 Å². The maximum absolute atomic E-state index is 14.1. The van der Waals surface area contributed by atoms with E-state index >= 15 is 0 Å². The van der Waals surface area contributed by atoms with Crippen LogP contribution in [-0.4, -0.2) is 49.9 Å². The molecular formula is C30H25ClFN5O5.